The van der Waals surface area contributed by atoms with E-state index in [1.54, 1.807) is 0 Å². The van der Waals surface area contributed by atoms with Crippen molar-refractivity contribution in [3.63, 3.8) is 0 Å². The van der Waals surface area contributed by atoms with Crippen molar-refractivity contribution in [3.05, 3.63) is 35.4 Å². The molecule has 1 aromatic rings. The molecule has 0 aliphatic rings. The van der Waals surface area contributed by atoms with Crippen molar-refractivity contribution in [3.8, 4) is 0 Å². The predicted molar refractivity (Wildman–Crippen MR) is 80.1 cm³/mol. The van der Waals surface area contributed by atoms with Gasteiger partial charge in [0.05, 0.1) is 5.56 Å². The fraction of sp³-hybridized carbons (Fsp3) is 0.625. The second-order valence-electron chi connectivity index (χ2n) is 5.80. The van der Waals surface area contributed by atoms with Gasteiger partial charge in [0.2, 0.25) is 0 Å². The molecular weight excluding hydrogens is 277 g/mol. The van der Waals surface area contributed by atoms with Crippen LogP contribution in [0.4, 0.5) is 13.2 Å². The molecule has 0 spiro atoms. The molecule has 1 N–H and O–H groups in total. The summed E-state index contributed by atoms with van der Waals surface area (Å²) in [6, 6.07) is 6.28. The van der Waals surface area contributed by atoms with Gasteiger partial charge in [-0.05, 0) is 45.4 Å². The number of nitrogens with zero attached hydrogens (tertiary/aromatic N) is 1. The maximum absolute atomic E-state index is 12.4. The molecule has 0 atom stereocenters. The molecule has 0 unspecified atom stereocenters. The Hall–Kier alpha value is -1.07. The first-order valence-electron chi connectivity index (χ1n) is 7.34. The van der Waals surface area contributed by atoms with Crippen LogP contribution >= 0.6 is 0 Å². The highest BCUT2D eigenvalue weighted by molar-refractivity contribution is 5.24. The topological polar surface area (TPSA) is 15.3 Å². The molecule has 21 heavy (non-hydrogen) atoms. The average Bonchev–Trinajstić information content (AvgIpc) is 2.37. The molecule has 0 saturated heterocycles. The predicted octanol–water partition coefficient (Wildman–Crippen LogP) is 3.91. The van der Waals surface area contributed by atoms with Gasteiger partial charge in [-0.15, -0.1) is 0 Å². The van der Waals surface area contributed by atoms with E-state index in [1.807, 2.05) is 0 Å². The Balaban J connectivity index is 2.39. The Kier molecular flexibility index (Phi) is 6.68. The molecule has 0 radical (unpaired) electrons. The highest BCUT2D eigenvalue weighted by Crippen LogP contribution is 2.28. The van der Waals surface area contributed by atoms with Gasteiger partial charge in [0.25, 0.3) is 0 Å². The summed E-state index contributed by atoms with van der Waals surface area (Å²) in [5.41, 5.74) is 0.265. The zero-order valence-corrected chi connectivity index (χ0v) is 13.2. The lowest BCUT2D eigenvalue weighted by Gasteiger charge is -2.30. The van der Waals surface area contributed by atoms with Gasteiger partial charge in [0.15, 0.2) is 0 Å². The normalized spacial score (nSPS) is 12.7. The third-order valence-corrected chi connectivity index (χ3v) is 3.48. The lowest BCUT2D eigenvalue weighted by molar-refractivity contribution is -0.137. The van der Waals surface area contributed by atoms with Gasteiger partial charge in [0.1, 0.15) is 0 Å². The number of halogens is 3. The maximum atomic E-state index is 12.4. The van der Waals surface area contributed by atoms with Crippen molar-refractivity contribution in [2.75, 3.05) is 13.1 Å². The molecule has 0 aliphatic carbocycles. The summed E-state index contributed by atoms with van der Waals surface area (Å²) < 4.78 is 37.3. The van der Waals surface area contributed by atoms with Crippen molar-refractivity contribution in [2.24, 2.45) is 0 Å². The number of hydrogen-bond acceptors (Lipinski definition) is 2. The molecule has 1 aromatic carbocycles. The second-order valence-corrected chi connectivity index (χ2v) is 5.80. The highest BCUT2D eigenvalue weighted by Gasteiger charge is 2.29. The molecule has 120 valence electrons. The molecule has 0 aliphatic heterocycles. The van der Waals surface area contributed by atoms with Crippen molar-refractivity contribution < 1.29 is 13.2 Å². The van der Waals surface area contributed by atoms with Gasteiger partial charge in [0, 0.05) is 31.7 Å². The maximum Gasteiger partial charge on any atom is 0.416 e. The van der Waals surface area contributed by atoms with E-state index in [-0.39, 0.29) is 0 Å². The molecule has 0 fully saturated rings. The van der Waals surface area contributed by atoms with Gasteiger partial charge in [-0.2, -0.15) is 13.2 Å². The van der Waals surface area contributed by atoms with Gasteiger partial charge in [-0.1, -0.05) is 12.1 Å². The van der Waals surface area contributed by atoms with Crippen molar-refractivity contribution >= 4 is 0 Å². The van der Waals surface area contributed by atoms with E-state index in [1.165, 1.54) is 12.1 Å². The van der Waals surface area contributed by atoms with Gasteiger partial charge < -0.3 is 5.32 Å². The summed E-state index contributed by atoms with van der Waals surface area (Å²) >= 11 is 0. The molecule has 0 amide bonds. The summed E-state index contributed by atoms with van der Waals surface area (Å²) in [5, 5.41) is 3.28. The third kappa shape index (κ3) is 6.06. The van der Waals surface area contributed by atoms with Gasteiger partial charge in [-0.25, -0.2) is 0 Å². The van der Waals surface area contributed by atoms with Crippen LogP contribution in [0, 0.1) is 0 Å². The molecule has 0 saturated carbocycles. The zero-order valence-electron chi connectivity index (χ0n) is 13.2. The lowest BCUT2D eigenvalue weighted by atomic mass is 10.1. The minimum atomic E-state index is -4.26. The lowest BCUT2D eigenvalue weighted by Crippen LogP contribution is -2.41. The second kappa shape index (κ2) is 7.80. The van der Waals surface area contributed by atoms with E-state index in [4.69, 9.17) is 0 Å². The Bertz CT molecular complexity index is 403. The molecular formula is C16H25F3N2. The number of hydrogen-bond donors (Lipinski definition) is 1. The smallest absolute Gasteiger partial charge is 0.311 e. The van der Waals surface area contributed by atoms with Crippen LogP contribution in [0.3, 0.4) is 0 Å². The minimum Gasteiger partial charge on any atom is -0.311 e. The van der Waals surface area contributed by atoms with Crippen LogP contribution in [-0.2, 0) is 12.7 Å². The first-order valence-corrected chi connectivity index (χ1v) is 7.34. The molecule has 0 bridgehead atoms. The van der Waals surface area contributed by atoms with E-state index in [0.717, 1.165) is 30.8 Å². The van der Waals surface area contributed by atoms with E-state index in [9.17, 15) is 13.2 Å². The molecule has 1 rings (SSSR count). The molecule has 0 aromatic heterocycles. The average molecular weight is 302 g/mol. The Labute approximate surface area is 125 Å². The van der Waals surface area contributed by atoms with E-state index in [0.29, 0.717) is 18.6 Å². The first kappa shape index (κ1) is 18.0. The minimum absolute atomic E-state index is 0.484. The van der Waals surface area contributed by atoms with Crippen molar-refractivity contribution in [1.82, 2.24) is 10.2 Å². The summed E-state index contributed by atoms with van der Waals surface area (Å²) in [4.78, 5) is 2.37. The van der Waals surface area contributed by atoms with Crippen LogP contribution in [0.1, 0.15) is 38.8 Å². The summed E-state index contributed by atoms with van der Waals surface area (Å²) in [6.45, 7) is 11.0. The fourth-order valence-corrected chi connectivity index (χ4v) is 2.37. The van der Waals surface area contributed by atoms with Crippen LogP contribution in [0.2, 0.25) is 0 Å². The number of alkyl halides is 3. The SMILES string of the molecule is CC(C)N(CCNCc1ccc(C(F)(F)F)cc1)C(C)C. The zero-order chi connectivity index (χ0) is 16.0. The van der Waals surface area contributed by atoms with E-state index in [2.05, 4.69) is 37.9 Å². The van der Waals surface area contributed by atoms with Crippen molar-refractivity contribution in [2.45, 2.75) is 52.5 Å². The summed E-state index contributed by atoms with van der Waals surface area (Å²) in [7, 11) is 0. The number of nitrogens with one attached hydrogen (secondary N) is 1. The van der Waals surface area contributed by atoms with E-state index < -0.39 is 11.7 Å². The molecule has 0 heterocycles. The largest absolute Gasteiger partial charge is 0.416 e. The van der Waals surface area contributed by atoms with Crippen LogP contribution in [0.5, 0.6) is 0 Å². The number of benzene rings is 1. The molecule has 2 nitrogen and oxygen atoms in total. The van der Waals surface area contributed by atoms with Crippen molar-refractivity contribution in [1.29, 1.82) is 0 Å². The van der Waals surface area contributed by atoms with E-state index >= 15 is 0 Å². The first-order chi connectivity index (χ1) is 9.71. The monoisotopic (exact) mass is 302 g/mol. The van der Waals surface area contributed by atoms with Crippen LogP contribution in [0.25, 0.3) is 0 Å². The molecule has 5 heteroatoms. The van der Waals surface area contributed by atoms with Gasteiger partial charge in [-0.3, -0.25) is 4.90 Å². The van der Waals surface area contributed by atoms with Crippen LogP contribution < -0.4 is 5.32 Å². The Morgan fingerprint density at radius 3 is 1.95 bits per heavy atom. The summed E-state index contributed by atoms with van der Waals surface area (Å²) in [6.07, 6.45) is -4.26. The Morgan fingerprint density at radius 1 is 1.00 bits per heavy atom. The highest BCUT2D eigenvalue weighted by atomic mass is 19.4. The quantitative estimate of drug-likeness (QED) is 0.768. The van der Waals surface area contributed by atoms with Crippen LogP contribution in [-0.4, -0.2) is 30.1 Å². The Morgan fingerprint density at radius 2 is 1.52 bits per heavy atom. The standard InChI is InChI=1S/C16H25F3N2/c1-12(2)21(13(3)4)10-9-20-11-14-5-7-15(8-6-14)16(17,18)19/h5-8,12-13,20H,9-11H2,1-4H3. The third-order valence-electron chi connectivity index (χ3n) is 3.48. The summed E-state index contributed by atoms with van der Waals surface area (Å²) in [5.74, 6) is 0. The fourth-order valence-electron chi connectivity index (χ4n) is 2.37. The van der Waals surface area contributed by atoms with Gasteiger partial charge >= 0.3 is 6.18 Å². The van der Waals surface area contributed by atoms with Crippen LogP contribution in [0.15, 0.2) is 24.3 Å². The number of rotatable bonds is 7.